The van der Waals surface area contributed by atoms with Crippen LogP contribution in [0.15, 0.2) is 24.3 Å². The van der Waals surface area contributed by atoms with Gasteiger partial charge in [0.05, 0.1) is 38.2 Å². The molecule has 0 radical (unpaired) electrons. The summed E-state index contributed by atoms with van der Waals surface area (Å²) >= 11 is 0. The van der Waals surface area contributed by atoms with E-state index in [1.165, 1.54) is 77.6 Å². The average molecular weight is 987 g/mol. The maximum absolute atomic E-state index is 14.7. The lowest BCUT2D eigenvalue weighted by atomic mass is 9.83. The monoisotopic (exact) mass is 987 g/mol. The Morgan fingerprint density at radius 1 is 0.729 bits per heavy atom. The van der Waals surface area contributed by atoms with E-state index in [-0.39, 0.29) is 25.3 Å². The first-order valence-corrected chi connectivity index (χ1v) is 24.2. The van der Waals surface area contributed by atoms with Gasteiger partial charge in [0, 0.05) is 40.7 Å². The Morgan fingerprint density at radius 3 is 1.83 bits per heavy atom. The highest BCUT2D eigenvalue weighted by Gasteiger charge is 2.43. The first-order valence-electron chi connectivity index (χ1n) is 24.2. The number of methoxy groups -OCH3 is 2. The molecule has 1 aliphatic heterocycles. The highest BCUT2D eigenvalue weighted by atomic mass is 16.5. The molecular formula is C50H82N8O12. The van der Waals surface area contributed by atoms with E-state index in [0.29, 0.717) is 17.7 Å². The molecule has 0 aromatic heterocycles. The zero-order valence-corrected chi connectivity index (χ0v) is 44.5. The lowest BCUT2D eigenvalue weighted by Crippen LogP contribution is -2.60. The number of amides is 7. The van der Waals surface area contributed by atoms with Gasteiger partial charge in [-0.2, -0.15) is 0 Å². The lowest BCUT2D eigenvalue weighted by Gasteiger charge is -2.39. The Hall–Kier alpha value is -5.63. The number of cyclic esters (lactones) is 1. The number of esters is 1. The molecule has 394 valence electrons. The van der Waals surface area contributed by atoms with Crippen LogP contribution in [0.5, 0.6) is 5.75 Å². The fraction of sp³-hybridized carbons (Fsp3) is 0.700. The average Bonchev–Trinajstić information content (AvgIpc) is 3.32. The highest BCUT2D eigenvalue weighted by molar-refractivity contribution is 6.09. The van der Waals surface area contributed by atoms with Crippen molar-refractivity contribution in [2.24, 2.45) is 29.1 Å². The summed E-state index contributed by atoms with van der Waals surface area (Å²) in [5, 5.41) is 13.8. The first kappa shape index (κ1) is 60.5. The molecule has 20 heteroatoms. The Morgan fingerprint density at radius 2 is 1.31 bits per heavy atom. The molecule has 0 spiro atoms. The van der Waals surface area contributed by atoms with E-state index in [2.05, 4.69) is 26.6 Å². The van der Waals surface area contributed by atoms with Gasteiger partial charge in [-0.1, -0.05) is 67.0 Å². The second kappa shape index (κ2) is 27.1. The van der Waals surface area contributed by atoms with Gasteiger partial charge in [-0.25, -0.2) is 0 Å². The minimum atomic E-state index is -1.78. The first-order chi connectivity index (χ1) is 32.6. The number of ether oxygens (including phenoxy) is 3. The van der Waals surface area contributed by atoms with Crippen LogP contribution in [0.3, 0.4) is 0 Å². The second-order valence-electron chi connectivity index (χ2n) is 19.7. The predicted molar refractivity (Wildman–Crippen MR) is 263 cm³/mol. The third-order valence-electron chi connectivity index (χ3n) is 13.4. The number of hydrogen-bond donors (Lipinski definition) is 5. The van der Waals surface area contributed by atoms with Crippen molar-refractivity contribution in [3.63, 3.8) is 0 Å². The van der Waals surface area contributed by atoms with Crippen molar-refractivity contribution >= 4 is 53.1 Å². The van der Waals surface area contributed by atoms with Gasteiger partial charge >= 0.3 is 5.97 Å². The van der Waals surface area contributed by atoms with Gasteiger partial charge in [0.25, 0.3) is 5.91 Å². The van der Waals surface area contributed by atoms with Crippen LogP contribution in [0.2, 0.25) is 0 Å². The summed E-state index contributed by atoms with van der Waals surface area (Å²) < 4.78 is 16.9. The van der Waals surface area contributed by atoms with Crippen molar-refractivity contribution in [1.29, 1.82) is 0 Å². The van der Waals surface area contributed by atoms with Gasteiger partial charge in [-0.15, -0.1) is 0 Å². The largest absolute Gasteiger partial charge is 0.497 e. The third-order valence-corrected chi connectivity index (χ3v) is 13.4. The van der Waals surface area contributed by atoms with Crippen LogP contribution in [-0.2, 0) is 59.0 Å². The number of nitrogens with one attached hydrogen (secondary N) is 5. The van der Waals surface area contributed by atoms with Crippen LogP contribution in [0, 0.1) is 29.1 Å². The molecule has 1 aromatic rings. The zero-order chi connectivity index (χ0) is 53.5. The van der Waals surface area contributed by atoms with Crippen molar-refractivity contribution in [3.05, 3.63) is 29.8 Å². The third kappa shape index (κ3) is 15.7. The molecule has 5 N–H and O–H groups in total. The van der Waals surface area contributed by atoms with E-state index >= 15 is 0 Å². The maximum atomic E-state index is 14.7. The summed E-state index contributed by atoms with van der Waals surface area (Å²) in [5.41, 5.74) is -1.12. The van der Waals surface area contributed by atoms with Gasteiger partial charge < -0.3 is 50.2 Å². The van der Waals surface area contributed by atoms with Crippen molar-refractivity contribution < 1.29 is 57.4 Å². The van der Waals surface area contributed by atoms with Gasteiger partial charge in [-0.05, 0) is 76.5 Å². The highest BCUT2D eigenvalue weighted by Crippen LogP contribution is 2.23. The minimum Gasteiger partial charge on any atom is -0.497 e. The number of hydrogen-bond acceptors (Lipinski definition) is 13. The fourth-order valence-electron chi connectivity index (χ4n) is 8.39. The molecule has 1 saturated heterocycles. The topological polar surface area (TPSA) is 251 Å². The lowest BCUT2D eigenvalue weighted by molar-refractivity contribution is -0.163. The molecule has 1 heterocycles. The van der Waals surface area contributed by atoms with E-state index in [9.17, 15) is 43.2 Å². The molecule has 0 aliphatic carbocycles. The molecule has 10 unspecified atom stereocenters. The number of Topliss-reactive ketones (excluding diaryl/α,β-unsaturated/α-hetero) is 1. The van der Waals surface area contributed by atoms with Gasteiger partial charge in [0.2, 0.25) is 35.4 Å². The summed E-state index contributed by atoms with van der Waals surface area (Å²) in [4.78, 5) is 129. The molecule has 1 aromatic carbocycles. The van der Waals surface area contributed by atoms with Crippen LogP contribution in [0.25, 0.3) is 0 Å². The van der Waals surface area contributed by atoms with Crippen LogP contribution in [-0.4, -0.2) is 165 Å². The zero-order valence-electron chi connectivity index (χ0n) is 44.5. The molecule has 20 nitrogen and oxygen atoms in total. The SMILES string of the molecule is CCC(C)C1C(OC)NCC(=O)N(C)C(C(C)C)C(=O)N(C)C(Cc2ccc(OC)cc2)C(=O)NC(C)C(=O)C(C)(C)C(=O)NC(C)C(=O)NC(CC)C(C)C(=O)OC(C(C)C)C(=O)NCC(=O)N1C. The molecule has 1 fully saturated rings. The normalized spacial score (nSPS) is 27.9. The molecule has 2 rings (SSSR count). The number of carbonyl (C=O) groups is 9. The van der Waals surface area contributed by atoms with Crippen molar-refractivity contribution in [2.75, 3.05) is 48.5 Å². The fourth-order valence-corrected chi connectivity index (χ4v) is 8.39. The molecule has 10 atom stereocenters. The van der Waals surface area contributed by atoms with Crippen LogP contribution < -0.4 is 31.3 Å². The van der Waals surface area contributed by atoms with Crippen molar-refractivity contribution in [2.45, 2.75) is 151 Å². The Bertz CT molecular complexity index is 1990. The molecule has 0 saturated carbocycles. The molecule has 7 amide bonds. The van der Waals surface area contributed by atoms with E-state index in [4.69, 9.17) is 14.2 Å². The molecule has 0 bridgehead atoms. The number of ketones is 1. The molecule has 70 heavy (non-hydrogen) atoms. The maximum Gasteiger partial charge on any atom is 0.311 e. The van der Waals surface area contributed by atoms with E-state index < -0.39 is 131 Å². The molecular weight excluding hydrogens is 905 g/mol. The van der Waals surface area contributed by atoms with Crippen LogP contribution in [0.1, 0.15) is 101 Å². The number of nitrogens with zero attached hydrogens (tertiary/aromatic N) is 3. The predicted octanol–water partition coefficient (Wildman–Crippen LogP) is 1.82. The van der Waals surface area contributed by atoms with Crippen molar-refractivity contribution in [3.8, 4) is 5.75 Å². The smallest absolute Gasteiger partial charge is 0.311 e. The van der Waals surface area contributed by atoms with Gasteiger partial charge in [0.15, 0.2) is 11.9 Å². The Kier molecular flexibility index (Phi) is 23.4. The summed E-state index contributed by atoms with van der Waals surface area (Å²) in [5.74, 6) is -7.44. The number of likely N-dealkylation sites (N-methyl/N-ethyl adjacent to an activating group) is 3. The van der Waals surface area contributed by atoms with Crippen molar-refractivity contribution in [1.82, 2.24) is 41.3 Å². The summed E-state index contributed by atoms with van der Waals surface area (Å²) in [6.45, 7) is 18.8. The quantitative estimate of drug-likeness (QED) is 0.175. The van der Waals surface area contributed by atoms with Gasteiger partial charge in [-0.3, -0.25) is 48.5 Å². The van der Waals surface area contributed by atoms with E-state index in [1.54, 1.807) is 65.9 Å². The summed E-state index contributed by atoms with van der Waals surface area (Å²) in [7, 11) is 7.43. The Balaban J connectivity index is 2.70. The summed E-state index contributed by atoms with van der Waals surface area (Å²) in [6.07, 6.45) is -1.33. The number of carbonyl (C=O) groups excluding carboxylic acids is 9. The second-order valence-corrected chi connectivity index (χ2v) is 19.7. The summed E-state index contributed by atoms with van der Waals surface area (Å²) in [6, 6.07) is 0.716. The minimum absolute atomic E-state index is 0.00461. The number of benzene rings is 1. The Labute approximate surface area is 414 Å². The standard InChI is InChI=1S/C50H82N8O12/c1-18-29(7)40-46(69-17)52-26-38(60)57(14)39(27(3)4)47(65)56(13)36(24-33-20-22-34(68-16)23-21-33)44(63)53-31(9)42(61)50(11,12)49(67)54-32(10)43(62)55-35(19-2)30(8)48(66)70-41(28(5)6)45(64)51-25-37(59)58(40)15/h20-23,27-32,35-36,39-41,46,52H,18-19,24-26H2,1-17H3,(H,51,64)(H,53,63)(H,54,67)(H,55,62). The van der Waals surface area contributed by atoms with E-state index in [1.807, 2.05) is 13.8 Å². The van der Waals surface area contributed by atoms with Crippen LogP contribution in [0.4, 0.5) is 0 Å². The molecule has 1 aliphatic rings. The van der Waals surface area contributed by atoms with Gasteiger partial charge in [0.1, 0.15) is 35.5 Å². The van der Waals surface area contributed by atoms with E-state index in [0.717, 1.165) is 0 Å². The number of rotatable bonds is 9. The van der Waals surface area contributed by atoms with Crippen LogP contribution >= 0.6 is 0 Å².